The van der Waals surface area contributed by atoms with Crippen molar-refractivity contribution >= 4 is 17.2 Å². The summed E-state index contributed by atoms with van der Waals surface area (Å²) in [6.45, 7) is 1.46. The summed E-state index contributed by atoms with van der Waals surface area (Å²) in [7, 11) is 1.73. The fourth-order valence-corrected chi connectivity index (χ4v) is 5.44. The maximum Gasteiger partial charge on any atom is 0.340 e. The van der Waals surface area contributed by atoms with Crippen molar-refractivity contribution in [2.75, 3.05) is 13.6 Å². The zero-order valence-corrected chi connectivity index (χ0v) is 15.8. The quantitative estimate of drug-likeness (QED) is 0.841. The molecule has 1 amide bonds. The number of nitrogens with zero attached hydrogens (tertiary/aromatic N) is 3. The van der Waals surface area contributed by atoms with E-state index in [4.69, 9.17) is 0 Å². The topological polar surface area (TPSA) is 85.1 Å². The average Bonchev–Trinajstić information content (AvgIpc) is 3.39. The van der Waals surface area contributed by atoms with Gasteiger partial charge in [-0.05, 0) is 44.4 Å². The maximum absolute atomic E-state index is 12.7. The van der Waals surface area contributed by atoms with Crippen LogP contribution in [0.2, 0.25) is 0 Å². The summed E-state index contributed by atoms with van der Waals surface area (Å²) in [5.41, 5.74) is -0.354. The maximum atomic E-state index is 12.7. The molecule has 2 aliphatic rings. The summed E-state index contributed by atoms with van der Waals surface area (Å²) in [5, 5.41) is 6.19. The Morgan fingerprint density at radius 2 is 2.12 bits per heavy atom. The Bertz CT molecular complexity index is 819. The van der Waals surface area contributed by atoms with Gasteiger partial charge in [-0.3, -0.25) is 14.7 Å². The van der Waals surface area contributed by atoms with Gasteiger partial charge in [-0.1, -0.05) is 12.8 Å². The number of carbonyl (C=O) groups excluding carboxylic acids is 1. The SMILES string of the molecule is CN(Cc1n[nH]c(=O)[nH]1)C(=O)c1ccc(C2CCCN2C2CCCC2)s1. The van der Waals surface area contributed by atoms with Crippen LogP contribution in [-0.2, 0) is 6.54 Å². The van der Waals surface area contributed by atoms with Gasteiger partial charge in [0.05, 0.1) is 11.4 Å². The second kappa shape index (κ2) is 7.36. The first-order chi connectivity index (χ1) is 12.6. The van der Waals surface area contributed by atoms with Crippen molar-refractivity contribution in [1.29, 1.82) is 0 Å². The third kappa shape index (κ3) is 3.48. The molecule has 1 aliphatic heterocycles. The van der Waals surface area contributed by atoms with Crippen molar-refractivity contribution in [1.82, 2.24) is 25.0 Å². The van der Waals surface area contributed by atoms with Gasteiger partial charge in [0.15, 0.2) is 5.82 Å². The molecule has 1 saturated carbocycles. The number of hydrogen-bond donors (Lipinski definition) is 2. The standard InChI is InChI=1S/C18H25N5O2S/c1-22(11-16-19-18(25)21-20-16)17(24)15-9-8-14(26-15)13-7-4-10-23(13)12-5-2-3-6-12/h8-9,12-13H,2-7,10-11H2,1H3,(H2,19,20,21,25). The van der Waals surface area contributed by atoms with E-state index in [2.05, 4.69) is 26.1 Å². The Morgan fingerprint density at radius 3 is 2.85 bits per heavy atom. The molecule has 8 heteroatoms. The van der Waals surface area contributed by atoms with E-state index < -0.39 is 0 Å². The van der Waals surface area contributed by atoms with Gasteiger partial charge < -0.3 is 4.90 Å². The van der Waals surface area contributed by atoms with Crippen LogP contribution in [-0.4, -0.2) is 50.5 Å². The van der Waals surface area contributed by atoms with Gasteiger partial charge in [-0.15, -0.1) is 11.3 Å². The molecule has 0 aromatic carbocycles. The molecule has 7 nitrogen and oxygen atoms in total. The summed E-state index contributed by atoms with van der Waals surface area (Å²) >= 11 is 1.61. The molecule has 2 fully saturated rings. The van der Waals surface area contributed by atoms with E-state index in [0.717, 1.165) is 10.9 Å². The van der Waals surface area contributed by atoms with Crippen LogP contribution in [0.25, 0.3) is 0 Å². The molecule has 4 rings (SSSR count). The molecule has 1 saturated heterocycles. The van der Waals surface area contributed by atoms with Crippen molar-refractivity contribution < 1.29 is 4.79 Å². The van der Waals surface area contributed by atoms with Crippen LogP contribution in [0.4, 0.5) is 0 Å². The smallest absolute Gasteiger partial charge is 0.333 e. The van der Waals surface area contributed by atoms with E-state index in [0.29, 0.717) is 11.9 Å². The van der Waals surface area contributed by atoms with Crippen LogP contribution in [0.15, 0.2) is 16.9 Å². The Balaban J connectivity index is 1.44. The number of rotatable bonds is 5. The first kappa shape index (κ1) is 17.5. The number of aromatic nitrogens is 3. The van der Waals surface area contributed by atoms with Gasteiger partial charge in [0.25, 0.3) is 5.91 Å². The van der Waals surface area contributed by atoms with Crippen LogP contribution in [0, 0.1) is 0 Å². The summed E-state index contributed by atoms with van der Waals surface area (Å²) < 4.78 is 0. The number of aromatic amines is 2. The van der Waals surface area contributed by atoms with Crippen LogP contribution >= 0.6 is 11.3 Å². The number of amides is 1. The summed E-state index contributed by atoms with van der Waals surface area (Å²) in [4.78, 5) is 32.7. The van der Waals surface area contributed by atoms with Crippen molar-refractivity contribution in [2.45, 2.75) is 57.2 Å². The Hall–Kier alpha value is -1.93. The first-order valence-corrected chi connectivity index (χ1v) is 10.2. The molecule has 2 aromatic rings. The van der Waals surface area contributed by atoms with Crippen LogP contribution in [0.1, 0.15) is 64.9 Å². The molecule has 0 spiro atoms. The molecule has 1 atom stereocenters. The minimum absolute atomic E-state index is 0.0319. The number of thiophene rings is 1. The Morgan fingerprint density at radius 1 is 1.31 bits per heavy atom. The van der Waals surface area contributed by atoms with Gasteiger partial charge in [-0.25, -0.2) is 9.89 Å². The highest BCUT2D eigenvalue weighted by atomic mass is 32.1. The average molecular weight is 375 g/mol. The van der Waals surface area contributed by atoms with E-state index in [-0.39, 0.29) is 18.1 Å². The van der Waals surface area contributed by atoms with Crippen LogP contribution in [0.5, 0.6) is 0 Å². The van der Waals surface area contributed by atoms with E-state index in [1.54, 1.807) is 23.3 Å². The molecule has 0 radical (unpaired) electrons. The molecule has 140 valence electrons. The van der Waals surface area contributed by atoms with Crippen molar-refractivity contribution in [3.05, 3.63) is 38.2 Å². The van der Waals surface area contributed by atoms with Gasteiger partial charge in [0.2, 0.25) is 0 Å². The number of likely N-dealkylation sites (tertiary alicyclic amines) is 1. The Labute approximate surface area is 156 Å². The van der Waals surface area contributed by atoms with E-state index in [1.807, 2.05) is 6.07 Å². The molecule has 2 N–H and O–H groups in total. The van der Waals surface area contributed by atoms with Crippen LogP contribution in [0.3, 0.4) is 0 Å². The van der Waals surface area contributed by atoms with Gasteiger partial charge in [-0.2, -0.15) is 5.10 Å². The highest BCUT2D eigenvalue weighted by Gasteiger charge is 2.34. The first-order valence-electron chi connectivity index (χ1n) is 9.36. The predicted octanol–water partition coefficient (Wildman–Crippen LogP) is 2.51. The second-order valence-corrected chi connectivity index (χ2v) is 8.44. The van der Waals surface area contributed by atoms with E-state index >= 15 is 0 Å². The molecule has 3 heterocycles. The third-order valence-electron chi connectivity index (χ3n) is 5.54. The van der Waals surface area contributed by atoms with Crippen LogP contribution < -0.4 is 5.69 Å². The monoisotopic (exact) mass is 375 g/mol. The Kier molecular flexibility index (Phi) is 4.95. The molecule has 1 aliphatic carbocycles. The number of nitrogens with one attached hydrogen (secondary N) is 2. The summed E-state index contributed by atoms with van der Waals surface area (Å²) in [5.74, 6) is 0.432. The lowest BCUT2D eigenvalue weighted by molar-refractivity contribution is 0.0786. The van der Waals surface area contributed by atoms with E-state index in [1.165, 1.54) is 49.9 Å². The lowest BCUT2D eigenvalue weighted by Crippen LogP contribution is -2.32. The molecule has 1 unspecified atom stereocenters. The number of hydrogen-bond acceptors (Lipinski definition) is 5. The van der Waals surface area contributed by atoms with E-state index in [9.17, 15) is 9.59 Å². The zero-order chi connectivity index (χ0) is 18.1. The summed E-state index contributed by atoms with van der Waals surface area (Å²) in [6, 6.07) is 5.26. The number of H-pyrrole nitrogens is 2. The largest absolute Gasteiger partial charge is 0.340 e. The molecular weight excluding hydrogens is 350 g/mol. The highest BCUT2D eigenvalue weighted by Crippen LogP contribution is 2.40. The fourth-order valence-electron chi connectivity index (χ4n) is 4.28. The zero-order valence-electron chi connectivity index (χ0n) is 15.0. The lowest BCUT2D eigenvalue weighted by atomic mass is 10.1. The highest BCUT2D eigenvalue weighted by molar-refractivity contribution is 7.14. The minimum atomic E-state index is -0.354. The normalized spacial score (nSPS) is 21.5. The molecular formula is C18H25N5O2S. The molecule has 2 aromatic heterocycles. The third-order valence-corrected chi connectivity index (χ3v) is 6.71. The lowest BCUT2D eigenvalue weighted by Gasteiger charge is -2.29. The summed E-state index contributed by atoms with van der Waals surface area (Å²) in [6.07, 6.45) is 7.77. The van der Waals surface area contributed by atoms with Gasteiger partial charge in [0, 0.05) is 24.0 Å². The fraction of sp³-hybridized carbons (Fsp3) is 0.611. The molecule has 26 heavy (non-hydrogen) atoms. The minimum Gasteiger partial charge on any atom is -0.333 e. The predicted molar refractivity (Wildman–Crippen MR) is 100 cm³/mol. The van der Waals surface area contributed by atoms with Crippen molar-refractivity contribution in [3.8, 4) is 0 Å². The van der Waals surface area contributed by atoms with Gasteiger partial charge in [0.1, 0.15) is 0 Å². The van der Waals surface area contributed by atoms with Crippen molar-refractivity contribution in [3.63, 3.8) is 0 Å². The number of carbonyl (C=O) groups is 1. The molecule has 0 bridgehead atoms. The van der Waals surface area contributed by atoms with Crippen molar-refractivity contribution in [2.24, 2.45) is 0 Å². The second-order valence-electron chi connectivity index (χ2n) is 7.32. The van der Waals surface area contributed by atoms with Gasteiger partial charge >= 0.3 is 5.69 Å².